The van der Waals surface area contributed by atoms with Crippen LogP contribution in [0.2, 0.25) is 0 Å². The Hall–Kier alpha value is -1.67. The normalized spacial score (nSPS) is 44.6. The molecule has 4 aliphatic rings. The highest BCUT2D eigenvalue weighted by Crippen LogP contribution is 2.67. The topological polar surface area (TPSA) is 78.9 Å². The quantitative estimate of drug-likeness (QED) is 0.680. The summed E-state index contributed by atoms with van der Waals surface area (Å²) in [6, 6.07) is 2.11. The average Bonchev–Trinajstić information content (AvgIpc) is 3.34. The number of Topliss-reactive ketones (excluding diaryl/α,β-unsaturated/α-hetero) is 1. The van der Waals surface area contributed by atoms with Crippen molar-refractivity contribution in [3.63, 3.8) is 0 Å². The van der Waals surface area contributed by atoms with Crippen LogP contribution >= 0.6 is 0 Å². The van der Waals surface area contributed by atoms with Gasteiger partial charge in [-0.2, -0.15) is 10.4 Å². The van der Waals surface area contributed by atoms with Gasteiger partial charge < -0.3 is 5.11 Å². The summed E-state index contributed by atoms with van der Waals surface area (Å²) < 4.78 is 1.66. The molecule has 180 valence electrons. The molecule has 0 bridgehead atoms. The van der Waals surface area contributed by atoms with Crippen molar-refractivity contribution >= 4 is 5.78 Å². The molecular weight excluding hydrogens is 410 g/mol. The third-order valence-electron chi connectivity index (χ3n) is 10.6. The van der Waals surface area contributed by atoms with E-state index < -0.39 is 5.60 Å². The molecule has 1 aromatic rings. The number of ketones is 1. The molecule has 0 amide bonds. The lowest BCUT2D eigenvalue weighted by Gasteiger charge is -2.58. The predicted molar refractivity (Wildman–Crippen MR) is 127 cm³/mol. The van der Waals surface area contributed by atoms with Gasteiger partial charge in [0.1, 0.15) is 6.07 Å². The van der Waals surface area contributed by atoms with Crippen LogP contribution in [-0.4, -0.2) is 26.3 Å². The second kappa shape index (κ2) is 8.22. The summed E-state index contributed by atoms with van der Waals surface area (Å²) in [5.74, 6) is 5.17. The van der Waals surface area contributed by atoms with Gasteiger partial charge in [-0.25, -0.2) is 0 Å². The summed E-state index contributed by atoms with van der Waals surface area (Å²) in [5, 5.41) is 24.0. The van der Waals surface area contributed by atoms with Crippen LogP contribution in [0.3, 0.4) is 0 Å². The monoisotopic (exact) mass is 451 g/mol. The SMILES string of the molecule is CC(C)[C@@H]1C[C@H](C(=O)Cn2cc(C#N)cn2)[C@@]2(C)CC[C@H]3[C@@H](CC[C@@H]4C[C@](C)(O)CC[C@@H]43)[C@H]12. The molecule has 0 spiro atoms. The van der Waals surface area contributed by atoms with E-state index in [9.17, 15) is 9.90 Å². The lowest BCUT2D eigenvalue weighted by Crippen LogP contribution is -2.52. The van der Waals surface area contributed by atoms with E-state index in [0.717, 1.165) is 43.4 Å². The molecule has 1 N–H and O–H groups in total. The number of rotatable bonds is 4. The van der Waals surface area contributed by atoms with E-state index in [-0.39, 0.29) is 17.9 Å². The number of aliphatic hydroxyl groups is 1. The number of carbonyl (C=O) groups is 1. The first-order valence-electron chi connectivity index (χ1n) is 13.3. The number of fused-ring (bicyclic) bond motifs is 5. The van der Waals surface area contributed by atoms with Crippen LogP contribution in [-0.2, 0) is 11.3 Å². The molecule has 0 aliphatic heterocycles. The lowest BCUT2D eigenvalue weighted by atomic mass is 9.47. The van der Waals surface area contributed by atoms with Crippen LogP contribution < -0.4 is 0 Å². The van der Waals surface area contributed by atoms with Gasteiger partial charge in [0, 0.05) is 12.1 Å². The van der Waals surface area contributed by atoms with Crippen molar-refractivity contribution in [2.45, 2.75) is 91.2 Å². The Balaban J connectivity index is 1.39. The van der Waals surface area contributed by atoms with Gasteiger partial charge in [-0.1, -0.05) is 20.8 Å². The molecule has 9 atom stereocenters. The Bertz CT molecular complexity index is 943. The minimum absolute atomic E-state index is 0.0748. The van der Waals surface area contributed by atoms with E-state index >= 15 is 0 Å². The molecule has 1 heterocycles. The van der Waals surface area contributed by atoms with Gasteiger partial charge in [0.25, 0.3) is 0 Å². The highest BCUT2D eigenvalue weighted by Gasteiger charge is 2.62. The summed E-state index contributed by atoms with van der Waals surface area (Å²) >= 11 is 0. The van der Waals surface area contributed by atoms with Gasteiger partial charge in [0.05, 0.1) is 23.9 Å². The second-order valence-electron chi connectivity index (χ2n) is 12.8. The van der Waals surface area contributed by atoms with Gasteiger partial charge >= 0.3 is 0 Å². The Kier molecular flexibility index (Phi) is 5.75. The maximum atomic E-state index is 13.6. The van der Waals surface area contributed by atoms with Crippen LogP contribution in [0.25, 0.3) is 0 Å². The van der Waals surface area contributed by atoms with Crippen molar-refractivity contribution < 1.29 is 9.90 Å². The first kappa shape index (κ1) is 23.1. The Labute approximate surface area is 198 Å². The number of hydrogen-bond acceptors (Lipinski definition) is 4. The standard InChI is InChI=1S/C28H41N3O2/c1-17(2)23-11-24(25(32)16-31-15-18(13-29)14-30-31)28(4)10-8-21-20-7-9-27(3,33)12-19(20)5-6-22(21)26(23)28/h14-15,17,19-24,26,33H,5-12,16H2,1-4H3/t19-,20+,21-,22-,23+,24-,26-,27-,28-/m1/s1. The van der Waals surface area contributed by atoms with E-state index in [1.807, 2.05) is 6.92 Å². The van der Waals surface area contributed by atoms with Crippen molar-refractivity contribution in [1.82, 2.24) is 9.78 Å². The Morgan fingerprint density at radius 3 is 2.67 bits per heavy atom. The molecule has 5 heteroatoms. The molecular formula is C28H41N3O2. The van der Waals surface area contributed by atoms with Crippen LogP contribution in [0, 0.1) is 64.1 Å². The van der Waals surface area contributed by atoms with Crippen molar-refractivity contribution in [2.75, 3.05) is 0 Å². The van der Waals surface area contributed by atoms with E-state index in [4.69, 9.17) is 5.26 Å². The zero-order valence-corrected chi connectivity index (χ0v) is 20.8. The van der Waals surface area contributed by atoms with E-state index in [1.54, 1.807) is 17.1 Å². The number of nitrogens with zero attached hydrogens (tertiary/aromatic N) is 3. The van der Waals surface area contributed by atoms with Crippen LogP contribution in [0.1, 0.15) is 84.6 Å². The predicted octanol–water partition coefficient (Wildman–Crippen LogP) is 5.23. The third-order valence-corrected chi connectivity index (χ3v) is 10.6. The molecule has 1 aromatic heterocycles. The van der Waals surface area contributed by atoms with Crippen molar-refractivity contribution in [3.8, 4) is 6.07 Å². The maximum Gasteiger partial charge on any atom is 0.157 e. The number of hydrogen-bond donors (Lipinski definition) is 1. The largest absolute Gasteiger partial charge is 0.390 e. The first-order chi connectivity index (χ1) is 15.6. The number of nitriles is 1. The van der Waals surface area contributed by atoms with Crippen molar-refractivity contribution in [1.29, 1.82) is 5.26 Å². The van der Waals surface area contributed by atoms with Gasteiger partial charge in [-0.05, 0) is 105 Å². The van der Waals surface area contributed by atoms with Crippen molar-refractivity contribution in [2.24, 2.45) is 52.8 Å². The van der Waals surface area contributed by atoms with Gasteiger partial charge in [-0.15, -0.1) is 0 Å². The lowest BCUT2D eigenvalue weighted by molar-refractivity contribution is -0.134. The first-order valence-corrected chi connectivity index (χ1v) is 13.3. The summed E-state index contributed by atoms with van der Waals surface area (Å²) in [4.78, 5) is 13.6. The molecule has 5 rings (SSSR count). The van der Waals surface area contributed by atoms with Crippen LogP contribution in [0.5, 0.6) is 0 Å². The smallest absolute Gasteiger partial charge is 0.157 e. The highest BCUT2D eigenvalue weighted by molar-refractivity contribution is 5.82. The molecule has 4 fully saturated rings. The molecule has 0 saturated heterocycles. The average molecular weight is 452 g/mol. The summed E-state index contributed by atoms with van der Waals surface area (Å²) in [5.41, 5.74) is 0.119. The zero-order chi connectivity index (χ0) is 23.5. The van der Waals surface area contributed by atoms with Crippen molar-refractivity contribution in [3.05, 3.63) is 18.0 Å². The molecule has 4 aliphatic carbocycles. The fraction of sp³-hybridized carbons (Fsp3) is 0.821. The summed E-state index contributed by atoms with van der Waals surface area (Å²) in [7, 11) is 0. The minimum atomic E-state index is -0.472. The van der Waals surface area contributed by atoms with Crippen LogP contribution in [0.15, 0.2) is 12.4 Å². The molecule has 33 heavy (non-hydrogen) atoms. The van der Waals surface area contributed by atoms with E-state index in [0.29, 0.717) is 35.0 Å². The number of carbonyl (C=O) groups excluding carboxylic acids is 1. The Morgan fingerprint density at radius 1 is 1.21 bits per heavy atom. The fourth-order valence-corrected chi connectivity index (χ4v) is 9.22. The number of aromatic nitrogens is 2. The van der Waals surface area contributed by atoms with Gasteiger partial charge in [0.15, 0.2) is 5.78 Å². The van der Waals surface area contributed by atoms with Gasteiger partial charge in [-0.3, -0.25) is 9.48 Å². The Morgan fingerprint density at radius 2 is 1.97 bits per heavy atom. The zero-order valence-electron chi connectivity index (χ0n) is 20.8. The summed E-state index contributed by atoms with van der Waals surface area (Å²) in [6.45, 7) is 9.47. The minimum Gasteiger partial charge on any atom is -0.390 e. The molecule has 5 nitrogen and oxygen atoms in total. The van der Waals surface area contributed by atoms with Gasteiger partial charge in [0.2, 0.25) is 0 Å². The molecule has 4 saturated carbocycles. The van der Waals surface area contributed by atoms with E-state index in [2.05, 4.69) is 31.9 Å². The molecule has 0 radical (unpaired) electrons. The molecule has 0 unspecified atom stereocenters. The molecule has 0 aromatic carbocycles. The van der Waals surface area contributed by atoms with Crippen LogP contribution in [0.4, 0.5) is 0 Å². The third kappa shape index (κ3) is 3.87. The maximum absolute atomic E-state index is 13.6. The fourth-order valence-electron chi connectivity index (χ4n) is 9.22. The summed E-state index contributed by atoms with van der Waals surface area (Å²) in [6.07, 6.45) is 12.3. The van der Waals surface area contributed by atoms with E-state index in [1.165, 1.54) is 25.7 Å². The highest BCUT2D eigenvalue weighted by atomic mass is 16.3. The second-order valence-corrected chi connectivity index (χ2v) is 12.8.